The number of ether oxygens (including phenoxy) is 8. The van der Waals surface area contributed by atoms with Crippen molar-refractivity contribution in [1.82, 2.24) is 21.6 Å². The van der Waals surface area contributed by atoms with Crippen LogP contribution in [0.15, 0.2) is 0 Å². The first-order valence-corrected chi connectivity index (χ1v) is 15.2. The molecule has 18 heteroatoms. The second-order valence-electron chi connectivity index (χ2n) is 12.7. The van der Waals surface area contributed by atoms with Crippen LogP contribution in [0.4, 0.5) is 0 Å². The fraction of sp³-hybridized carbons (Fsp3) is 0.857. The minimum Gasteiger partial charge on any atom is -0.376 e. The van der Waals surface area contributed by atoms with Crippen molar-refractivity contribution in [3.05, 3.63) is 0 Å². The average molecular weight is 661 g/mol. The van der Waals surface area contributed by atoms with E-state index in [-0.39, 0.29) is 12.8 Å². The minimum atomic E-state index is -1.21. The maximum absolute atomic E-state index is 13.2. The maximum Gasteiger partial charge on any atom is 0.251 e. The van der Waals surface area contributed by atoms with E-state index in [1.165, 1.54) is 28.1 Å². The Morgan fingerprint density at radius 2 is 0.978 bits per heavy atom. The molecule has 0 aromatic rings. The Morgan fingerprint density at radius 3 is 1.33 bits per heavy atom. The third-order valence-corrected chi connectivity index (χ3v) is 8.29. The molecule has 4 amide bonds. The summed E-state index contributed by atoms with van der Waals surface area (Å²) >= 11 is 0. The molecule has 46 heavy (non-hydrogen) atoms. The average Bonchev–Trinajstić information content (AvgIpc) is 3.66. The molecule has 5 rings (SSSR count). The van der Waals surface area contributed by atoms with Gasteiger partial charge in [-0.1, -0.05) is 0 Å². The van der Waals surface area contributed by atoms with Gasteiger partial charge in [-0.05, 0) is 41.5 Å². The first-order valence-electron chi connectivity index (χ1n) is 15.2. The lowest BCUT2D eigenvalue weighted by Crippen LogP contribution is -2.56. The van der Waals surface area contributed by atoms with Gasteiger partial charge in [0.15, 0.2) is 36.4 Å². The second kappa shape index (κ2) is 13.5. The smallest absolute Gasteiger partial charge is 0.251 e. The topological polar surface area (TPSA) is 209 Å². The molecular formula is C28H44N4O14. The summed E-state index contributed by atoms with van der Waals surface area (Å²) in [5.74, 6) is -4.51. The number of carbonyl (C=O) groups excluding carboxylic acids is 4. The Labute approximate surface area is 265 Å². The Morgan fingerprint density at radius 1 is 0.609 bits per heavy atom. The SMILES string of the molecule is CO[C@@H]1[C@H]2OC(C)(C)O[C@H]2O[C@@H]1[C@@H]1CC(=O)NO[C@H](C)C(=O)N[C@H]([C@H]2O[C@@H]3OC(C)(C)O[C@@H]3[C@H]2OC)CC(=O)NO[C@H](C)C(=O)N1. The Bertz CT molecular complexity index is 1080. The van der Waals surface area contributed by atoms with E-state index in [9.17, 15) is 19.2 Å². The van der Waals surface area contributed by atoms with E-state index in [1.54, 1.807) is 27.7 Å². The van der Waals surface area contributed by atoms with Crippen LogP contribution in [0.25, 0.3) is 0 Å². The molecule has 5 fully saturated rings. The van der Waals surface area contributed by atoms with Crippen LogP contribution in [0.1, 0.15) is 54.4 Å². The van der Waals surface area contributed by atoms with E-state index >= 15 is 0 Å². The predicted octanol–water partition coefficient (Wildman–Crippen LogP) is -1.59. The number of carbonyl (C=O) groups is 4. The fourth-order valence-electron chi connectivity index (χ4n) is 6.19. The zero-order valence-electron chi connectivity index (χ0n) is 27.1. The highest BCUT2D eigenvalue weighted by atomic mass is 16.9. The zero-order chi connectivity index (χ0) is 33.6. The Hall–Kier alpha value is -2.52. The third-order valence-electron chi connectivity index (χ3n) is 8.29. The number of methoxy groups -OCH3 is 2. The van der Waals surface area contributed by atoms with Gasteiger partial charge in [-0.2, -0.15) is 0 Å². The number of hydrogen-bond donors (Lipinski definition) is 4. The van der Waals surface area contributed by atoms with E-state index in [4.69, 9.17) is 47.6 Å². The number of amides is 4. The highest BCUT2D eigenvalue weighted by molar-refractivity contribution is 5.84. The summed E-state index contributed by atoms with van der Waals surface area (Å²) in [6.07, 6.45) is -9.19. The number of rotatable bonds is 4. The molecule has 0 bridgehead atoms. The van der Waals surface area contributed by atoms with Crippen LogP contribution in [-0.4, -0.2) is 123 Å². The monoisotopic (exact) mass is 660 g/mol. The third kappa shape index (κ3) is 7.46. The fourth-order valence-corrected chi connectivity index (χ4v) is 6.19. The number of hydrogen-bond acceptors (Lipinski definition) is 14. The maximum atomic E-state index is 13.2. The normalized spacial score (nSPS) is 43.3. The van der Waals surface area contributed by atoms with Crippen molar-refractivity contribution in [2.24, 2.45) is 0 Å². The molecule has 260 valence electrons. The summed E-state index contributed by atoms with van der Waals surface area (Å²) in [7, 11) is 2.90. The van der Waals surface area contributed by atoms with Crippen molar-refractivity contribution in [2.75, 3.05) is 14.2 Å². The van der Waals surface area contributed by atoms with Gasteiger partial charge >= 0.3 is 0 Å². The summed E-state index contributed by atoms with van der Waals surface area (Å²) in [4.78, 5) is 63.3. The van der Waals surface area contributed by atoms with Crippen molar-refractivity contribution in [2.45, 2.75) is 139 Å². The summed E-state index contributed by atoms with van der Waals surface area (Å²) in [5.41, 5.74) is 4.52. The van der Waals surface area contributed by atoms with Crippen LogP contribution in [0.3, 0.4) is 0 Å². The quantitative estimate of drug-likeness (QED) is 0.268. The standard InChI is InChI=1S/C28H44N4O14/c1-11-23(35)29-13(17-19(37-7)21-25(39-17)43-27(3,4)41-21)9-16(34)32-46-12(2)24(36)30-14(10-15(33)31-45-11)18-20(38-8)22-26(40-18)44-28(5,6)42-22/h11-14,17-22,25-26H,9-10H2,1-8H3,(H,29,35)(H,30,36)(H,31,33)(H,32,34)/t11-,12-,13+,14+,17-,18-,19+,20+,21-,22-,25-,26-/m1/s1. The van der Waals surface area contributed by atoms with E-state index in [2.05, 4.69) is 21.6 Å². The molecule has 0 saturated carbocycles. The lowest BCUT2D eigenvalue weighted by Gasteiger charge is -2.32. The van der Waals surface area contributed by atoms with Crippen molar-refractivity contribution >= 4 is 23.6 Å². The van der Waals surface area contributed by atoms with Gasteiger partial charge in [0.25, 0.3) is 11.8 Å². The number of hydroxylamine groups is 2. The molecule has 5 aliphatic rings. The van der Waals surface area contributed by atoms with Gasteiger partial charge in [0.05, 0.1) is 24.9 Å². The van der Waals surface area contributed by atoms with Gasteiger partial charge in [-0.3, -0.25) is 28.9 Å². The van der Waals surface area contributed by atoms with Crippen molar-refractivity contribution in [1.29, 1.82) is 0 Å². The summed E-state index contributed by atoms with van der Waals surface area (Å²) in [5, 5.41) is 5.47. The number of fused-ring (bicyclic) bond motifs is 2. The van der Waals surface area contributed by atoms with Crippen LogP contribution >= 0.6 is 0 Å². The van der Waals surface area contributed by atoms with E-state index in [1.807, 2.05) is 0 Å². The summed E-state index contributed by atoms with van der Waals surface area (Å²) in [6.45, 7) is 9.73. The molecule has 5 saturated heterocycles. The van der Waals surface area contributed by atoms with Crippen LogP contribution in [0, 0.1) is 0 Å². The van der Waals surface area contributed by atoms with Gasteiger partial charge in [-0.15, -0.1) is 0 Å². The molecule has 0 aliphatic carbocycles. The number of nitrogens with one attached hydrogen (secondary N) is 4. The van der Waals surface area contributed by atoms with Crippen molar-refractivity contribution in [3.8, 4) is 0 Å². The van der Waals surface area contributed by atoms with E-state index < -0.39 is 109 Å². The molecular weight excluding hydrogens is 616 g/mol. The lowest BCUT2D eigenvalue weighted by atomic mass is 9.99. The van der Waals surface area contributed by atoms with Crippen LogP contribution < -0.4 is 21.6 Å². The van der Waals surface area contributed by atoms with Gasteiger partial charge in [-0.25, -0.2) is 11.0 Å². The second-order valence-corrected chi connectivity index (χ2v) is 12.7. The lowest BCUT2D eigenvalue weighted by molar-refractivity contribution is -0.220. The Kier molecular flexibility index (Phi) is 10.2. The summed E-state index contributed by atoms with van der Waals surface area (Å²) in [6, 6.07) is -1.96. The molecule has 4 N–H and O–H groups in total. The van der Waals surface area contributed by atoms with Gasteiger partial charge in [0, 0.05) is 14.2 Å². The molecule has 0 spiro atoms. The van der Waals surface area contributed by atoms with Crippen LogP contribution in [-0.2, 0) is 66.7 Å². The van der Waals surface area contributed by atoms with Gasteiger partial charge in [0.2, 0.25) is 11.8 Å². The molecule has 0 unspecified atom stereocenters. The highest BCUT2D eigenvalue weighted by Crippen LogP contribution is 2.41. The van der Waals surface area contributed by atoms with E-state index in [0.29, 0.717) is 0 Å². The van der Waals surface area contributed by atoms with Crippen molar-refractivity contribution in [3.63, 3.8) is 0 Å². The van der Waals surface area contributed by atoms with Gasteiger partial charge in [0.1, 0.15) is 36.6 Å². The first kappa shape index (κ1) is 34.8. The largest absolute Gasteiger partial charge is 0.376 e. The predicted molar refractivity (Wildman–Crippen MR) is 149 cm³/mol. The van der Waals surface area contributed by atoms with Crippen molar-refractivity contribution < 1.29 is 66.7 Å². The molecule has 5 heterocycles. The molecule has 5 aliphatic heterocycles. The molecule has 12 atom stereocenters. The first-order chi connectivity index (χ1) is 21.6. The molecule has 0 aromatic heterocycles. The van der Waals surface area contributed by atoms with Gasteiger partial charge < -0.3 is 48.5 Å². The van der Waals surface area contributed by atoms with Crippen LogP contribution in [0.2, 0.25) is 0 Å². The Balaban J connectivity index is 1.31. The highest BCUT2D eigenvalue weighted by Gasteiger charge is 2.58. The summed E-state index contributed by atoms with van der Waals surface area (Å²) < 4.78 is 46.9. The van der Waals surface area contributed by atoms with Crippen LogP contribution in [0.5, 0.6) is 0 Å². The molecule has 0 radical (unpaired) electrons. The zero-order valence-corrected chi connectivity index (χ0v) is 27.1. The minimum absolute atomic E-state index is 0.348. The molecule has 0 aromatic carbocycles. The van der Waals surface area contributed by atoms with E-state index in [0.717, 1.165) is 0 Å². The molecule has 18 nitrogen and oxygen atoms in total.